The molecule has 17 heavy (non-hydrogen) atoms. The molecule has 0 spiro atoms. The monoisotopic (exact) mass is 315 g/mol. The number of nitrogens with zero attached hydrogens (tertiary/aromatic N) is 1. The zero-order valence-corrected chi connectivity index (χ0v) is 11.0. The molecule has 0 bridgehead atoms. The molecule has 5 nitrogen and oxygen atoms in total. The highest BCUT2D eigenvalue weighted by Crippen LogP contribution is 2.29. The first-order chi connectivity index (χ1) is 7.99. The third-order valence-electron chi connectivity index (χ3n) is 2.13. The topological polar surface area (TPSA) is 73.3 Å². The Bertz CT molecular complexity index is 601. The molecule has 7 heteroatoms. The summed E-state index contributed by atoms with van der Waals surface area (Å²) in [7, 11) is 0. The lowest BCUT2D eigenvalue weighted by Crippen LogP contribution is -1.99. The standard InChI is InChI=1S/C10H6BrNO4S/c1-5-6(4-8(11)17-5)10(13)7-2-3-9(16-7)12(14)15/h2-4H,1H3. The molecular formula is C10H6BrNO4S. The third-order valence-corrected chi connectivity index (χ3v) is 3.68. The fraction of sp³-hybridized carbons (Fsp3) is 0.100. The summed E-state index contributed by atoms with van der Waals surface area (Å²) in [5.74, 6) is -0.803. The van der Waals surface area contributed by atoms with E-state index in [0.717, 1.165) is 8.66 Å². The van der Waals surface area contributed by atoms with E-state index in [1.807, 2.05) is 0 Å². The number of hydrogen-bond donors (Lipinski definition) is 0. The Balaban J connectivity index is 2.37. The zero-order valence-electron chi connectivity index (χ0n) is 8.60. The fourth-order valence-electron chi connectivity index (χ4n) is 1.35. The Morgan fingerprint density at radius 1 is 1.53 bits per heavy atom. The van der Waals surface area contributed by atoms with Crippen LogP contribution in [0.15, 0.2) is 26.4 Å². The van der Waals surface area contributed by atoms with E-state index in [9.17, 15) is 14.9 Å². The molecule has 2 aromatic rings. The Kier molecular flexibility index (Phi) is 3.12. The van der Waals surface area contributed by atoms with Gasteiger partial charge in [-0.3, -0.25) is 14.9 Å². The normalized spacial score (nSPS) is 10.5. The molecule has 0 unspecified atom stereocenters. The number of halogens is 1. The van der Waals surface area contributed by atoms with Crippen LogP contribution in [0, 0.1) is 17.0 Å². The number of aryl methyl sites for hydroxylation is 1. The summed E-state index contributed by atoms with van der Waals surface area (Å²) < 4.78 is 5.70. The van der Waals surface area contributed by atoms with Gasteiger partial charge < -0.3 is 4.42 Å². The fourth-order valence-corrected chi connectivity index (χ4v) is 3.04. The van der Waals surface area contributed by atoms with E-state index < -0.39 is 10.8 Å². The third kappa shape index (κ3) is 2.29. The van der Waals surface area contributed by atoms with Crippen LogP contribution < -0.4 is 0 Å². The van der Waals surface area contributed by atoms with Crippen molar-refractivity contribution in [3.63, 3.8) is 0 Å². The maximum Gasteiger partial charge on any atom is 0.433 e. The second-order valence-electron chi connectivity index (χ2n) is 3.24. The van der Waals surface area contributed by atoms with Crippen molar-refractivity contribution >= 4 is 38.9 Å². The summed E-state index contributed by atoms with van der Waals surface area (Å²) in [5.41, 5.74) is 0.492. The quantitative estimate of drug-likeness (QED) is 0.493. The van der Waals surface area contributed by atoms with E-state index in [1.165, 1.54) is 23.5 Å². The molecule has 0 fully saturated rings. The van der Waals surface area contributed by atoms with Gasteiger partial charge in [-0.25, -0.2) is 0 Å². The lowest BCUT2D eigenvalue weighted by atomic mass is 10.1. The zero-order chi connectivity index (χ0) is 12.6. The van der Waals surface area contributed by atoms with Crippen LogP contribution in [-0.4, -0.2) is 10.7 Å². The number of ketones is 1. The highest BCUT2D eigenvalue weighted by atomic mass is 79.9. The van der Waals surface area contributed by atoms with Crippen molar-refractivity contribution in [1.82, 2.24) is 0 Å². The van der Waals surface area contributed by atoms with Gasteiger partial charge in [0.1, 0.15) is 4.92 Å². The summed E-state index contributed by atoms with van der Waals surface area (Å²) in [6.45, 7) is 1.81. The first-order valence-corrected chi connectivity index (χ1v) is 6.15. The van der Waals surface area contributed by atoms with Crippen molar-refractivity contribution in [2.45, 2.75) is 6.92 Å². The Hall–Kier alpha value is -1.47. The molecule has 0 aliphatic rings. The van der Waals surface area contributed by atoms with Gasteiger partial charge in [0.15, 0.2) is 5.76 Å². The minimum atomic E-state index is -0.673. The van der Waals surface area contributed by atoms with Gasteiger partial charge in [0.05, 0.1) is 9.85 Å². The molecule has 0 radical (unpaired) electrons. The van der Waals surface area contributed by atoms with Gasteiger partial charge in [0, 0.05) is 10.4 Å². The van der Waals surface area contributed by atoms with Gasteiger partial charge in [-0.1, -0.05) is 0 Å². The van der Waals surface area contributed by atoms with Crippen molar-refractivity contribution in [2.24, 2.45) is 0 Å². The van der Waals surface area contributed by atoms with Gasteiger partial charge in [-0.15, -0.1) is 11.3 Å². The number of carbonyl (C=O) groups is 1. The van der Waals surface area contributed by atoms with E-state index in [4.69, 9.17) is 4.42 Å². The van der Waals surface area contributed by atoms with Gasteiger partial charge in [-0.2, -0.15) is 0 Å². The van der Waals surface area contributed by atoms with Gasteiger partial charge in [0.2, 0.25) is 5.78 Å². The van der Waals surface area contributed by atoms with Crippen molar-refractivity contribution in [1.29, 1.82) is 0 Å². The van der Waals surface area contributed by atoms with E-state index >= 15 is 0 Å². The van der Waals surface area contributed by atoms with Crippen molar-refractivity contribution in [3.05, 3.63) is 48.3 Å². The average Bonchev–Trinajstić information content (AvgIpc) is 2.84. The van der Waals surface area contributed by atoms with E-state index in [1.54, 1.807) is 13.0 Å². The lowest BCUT2D eigenvalue weighted by molar-refractivity contribution is -0.402. The highest BCUT2D eigenvalue weighted by Gasteiger charge is 2.21. The number of rotatable bonds is 3. The first kappa shape index (κ1) is 12.0. The van der Waals surface area contributed by atoms with E-state index in [2.05, 4.69) is 15.9 Å². The SMILES string of the molecule is Cc1sc(Br)cc1C(=O)c1ccc([N+](=O)[O-])o1. The van der Waals surface area contributed by atoms with Crippen LogP contribution in [0.2, 0.25) is 0 Å². The number of furan rings is 1. The van der Waals surface area contributed by atoms with E-state index in [-0.39, 0.29) is 11.5 Å². The summed E-state index contributed by atoms with van der Waals surface area (Å²) in [6, 6.07) is 4.16. The number of hydrogen-bond acceptors (Lipinski definition) is 5. The molecule has 0 aliphatic heterocycles. The number of carbonyl (C=O) groups excluding carboxylic acids is 1. The Morgan fingerprint density at radius 3 is 2.71 bits per heavy atom. The van der Waals surface area contributed by atoms with Crippen molar-refractivity contribution in [3.8, 4) is 0 Å². The van der Waals surface area contributed by atoms with Crippen LogP contribution in [0.5, 0.6) is 0 Å². The minimum absolute atomic E-state index is 0.0231. The number of thiophene rings is 1. The molecule has 0 amide bonds. The summed E-state index contributed by atoms with van der Waals surface area (Å²) in [5, 5.41) is 10.4. The van der Waals surface area contributed by atoms with Crippen LogP contribution in [0.3, 0.4) is 0 Å². The van der Waals surface area contributed by atoms with Crippen molar-refractivity contribution < 1.29 is 14.1 Å². The molecular weight excluding hydrogens is 310 g/mol. The molecule has 88 valence electrons. The molecule has 0 N–H and O–H groups in total. The van der Waals surface area contributed by atoms with Crippen LogP contribution in [0.25, 0.3) is 0 Å². The summed E-state index contributed by atoms with van der Waals surface area (Å²) in [4.78, 5) is 22.6. The predicted octanol–water partition coefficient (Wildman–Crippen LogP) is 3.55. The maximum absolute atomic E-state index is 12.0. The van der Waals surface area contributed by atoms with Gasteiger partial charge >= 0.3 is 5.88 Å². The molecule has 0 aromatic carbocycles. The van der Waals surface area contributed by atoms with Crippen LogP contribution in [-0.2, 0) is 0 Å². The van der Waals surface area contributed by atoms with Gasteiger partial charge in [0.25, 0.3) is 0 Å². The Morgan fingerprint density at radius 2 is 2.24 bits per heavy atom. The summed E-state index contributed by atoms with van der Waals surface area (Å²) >= 11 is 4.71. The largest absolute Gasteiger partial charge is 0.433 e. The molecule has 0 aliphatic carbocycles. The van der Waals surface area contributed by atoms with Gasteiger partial charge in [-0.05, 0) is 35.0 Å². The Labute approximate surface area is 108 Å². The summed E-state index contributed by atoms with van der Waals surface area (Å²) in [6.07, 6.45) is 0. The molecule has 0 saturated heterocycles. The second-order valence-corrected chi connectivity index (χ2v) is 5.88. The highest BCUT2D eigenvalue weighted by molar-refractivity contribution is 9.11. The smallest absolute Gasteiger partial charge is 0.397 e. The molecule has 2 aromatic heterocycles. The molecule has 0 atom stereocenters. The van der Waals surface area contributed by atoms with Crippen LogP contribution in [0.4, 0.5) is 5.88 Å². The maximum atomic E-state index is 12.0. The molecule has 0 saturated carbocycles. The predicted molar refractivity (Wildman–Crippen MR) is 65.6 cm³/mol. The molecule has 2 heterocycles. The lowest BCUT2D eigenvalue weighted by Gasteiger charge is -1.94. The van der Waals surface area contributed by atoms with E-state index in [0.29, 0.717) is 5.56 Å². The average molecular weight is 316 g/mol. The van der Waals surface area contributed by atoms with Crippen molar-refractivity contribution in [2.75, 3.05) is 0 Å². The van der Waals surface area contributed by atoms with Crippen LogP contribution >= 0.6 is 27.3 Å². The molecule has 2 rings (SSSR count). The second kappa shape index (κ2) is 4.42. The first-order valence-electron chi connectivity index (χ1n) is 4.54. The minimum Gasteiger partial charge on any atom is -0.397 e. The van der Waals surface area contributed by atoms with Crippen LogP contribution in [0.1, 0.15) is 21.0 Å². The number of nitro groups is 1.